The highest BCUT2D eigenvalue weighted by molar-refractivity contribution is 4.49. The van der Waals surface area contributed by atoms with Gasteiger partial charge in [-0.25, -0.2) is 0 Å². The first kappa shape index (κ1) is 7.92. The molecule has 0 heterocycles. The molecule has 0 aromatic rings. The van der Waals surface area contributed by atoms with E-state index in [-0.39, 0.29) is 0 Å². The van der Waals surface area contributed by atoms with E-state index < -0.39 is 0 Å². The van der Waals surface area contributed by atoms with Gasteiger partial charge in [0.05, 0.1) is 0 Å². The van der Waals surface area contributed by atoms with Crippen LogP contribution < -0.4 is 5.73 Å². The first-order valence-corrected chi connectivity index (χ1v) is 3.12. The minimum absolute atomic E-state index is 0.292. The molecule has 3 N–H and O–H groups in total. The van der Waals surface area contributed by atoms with E-state index in [1.54, 1.807) is 0 Å². The van der Waals surface area contributed by atoms with E-state index in [1.807, 2.05) is 6.92 Å². The van der Waals surface area contributed by atoms with Gasteiger partial charge in [0, 0.05) is 6.61 Å². The summed E-state index contributed by atoms with van der Waals surface area (Å²) < 4.78 is 0. The molecule has 0 rings (SSSR count). The highest BCUT2D eigenvalue weighted by Crippen LogP contribution is 2.01. The minimum atomic E-state index is 0.292. The lowest BCUT2D eigenvalue weighted by Crippen LogP contribution is -2.05. The molecule has 8 heavy (non-hydrogen) atoms. The van der Waals surface area contributed by atoms with Crippen molar-refractivity contribution in [1.29, 1.82) is 0 Å². The molecule has 0 saturated carbocycles. The van der Waals surface area contributed by atoms with Crippen LogP contribution in [0.25, 0.3) is 0 Å². The third kappa shape index (κ3) is 4.09. The number of hydrogen-bond acceptors (Lipinski definition) is 2. The van der Waals surface area contributed by atoms with E-state index in [0.29, 0.717) is 12.5 Å². The first-order valence-electron chi connectivity index (χ1n) is 3.12. The van der Waals surface area contributed by atoms with Gasteiger partial charge >= 0.3 is 0 Å². The summed E-state index contributed by atoms with van der Waals surface area (Å²) in [6.45, 7) is 3.06. The largest absolute Gasteiger partial charge is 0.396 e. The monoisotopic (exact) mass is 117 g/mol. The topological polar surface area (TPSA) is 46.2 Å². The van der Waals surface area contributed by atoms with Gasteiger partial charge in [0.1, 0.15) is 0 Å². The lowest BCUT2D eigenvalue weighted by atomic mass is 10.1. The van der Waals surface area contributed by atoms with E-state index in [4.69, 9.17) is 10.8 Å². The molecule has 0 unspecified atom stereocenters. The Morgan fingerprint density at radius 3 is 2.62 bits per heavy atom. The highest BCUT2D eigenvalue weighted by atomic mass is 16.3. The Bertz CT molecular complexity index is 47.8. The maximum absolute atomic E-state index is 8.52. The molecule has 0 amide bonds. The lowest BCUT2D eigenvalue weighted by Gasteiger charge is -2.03. The molecular weight excluding hydrogens is 102 g/mol. The fraction of sp³-hybridized carbons (Fsp3) is 1.00. The summed E-state index contributed by atoms with van der Waals surface area (Å²) in [6.07, 6.45) is 2.08. The predicted octanol–water partition coefficient (Wildman–Crippen LogP) is 0.354. The van der Waals surface area contributed by atoms with E-state index in [0.717, 1.165) is 19.4 Å². The maximum atomic E-state index is 8.52. The van der Waals surface area contributed by atoms with Crippen molar-refractivity contribution in [2.45, 2.75) is 19.8 Å². The van der Waals surface area contributed by atoms with E-state index >= 15 is 0 Å². The summed E-state index contributed by atoms with van der Waals surface area (Å²) in [5.74, 6) is 0.429. The van der Waals surface area contributed by atoms with Crippen LogP contribution in [-0.2, 0) is 0 Å². The molecule has 50 valence electrons. The number of rotatable bonds is 4. The van der Waals surface area contributed by atoms with Gasteiger partial charge in [-0.1, -0.05) is 6.92 Å². The molecule has 0 aromatic heterocycles. The Labute approximate surface area is 50.7 Å². The fourth-order valence-corrected chi connectivity index (χ4v) is 0.558. The van der Waals surface area contributed by atoms with Crippen molar-refractivity contribution in [3.63, 3.8) is 0 Å². The molecule has 0 spiro atoms. The Balaban J connectivity index is 2.86. The average molecular weight is 117 g/mol. The van der Waals surface area contributed by atoms with Crippen LogP contribution in [0.15, 0.2) is 0 Å². The van der Waals surface area contributed by atoms with Crippen LogP contribution >= 0.6 is 0 Å². The zero-order chi connectivity index (χ0) is 6.41. The Morgan fingerprint density at radius 2 is 2.25 bits per heavy atom. The molecule has 0 bridgehead atoms. The molecule has 2 heteroatoms. The summed E-state index contributed by atoms with van der Waals surface area (Å²) >= 11 is 0. The SMILES string of the molecule is C[C@H](CO)CCCN. The molecule has 0 aliphatic rings. The average Bonchev–Trinajstić information content (AvgIpc) is 1.83. The Kier molecular flexibility index (Phi) is 5.01. The van der Waals surface area contributed by atoms with Crippen LogP contribution in [0.5, 0.6) is 0 Å². The highest BCUT2D eigenvalue weighted by Gasteiger charge is 1.96. The second kappa shape index (κ2) is 5.06. The second-order valence-electron chi connectivity index (χ2n) is 2.22. The van der Waals surface area contributed by atoms with Gasteiger partial charge in [0.25, 0.3) is 0 Å². The molecule has 0 saturated heterocycles. The molecule has 1 atom stereocenters. The van der Waals surface area contributed by atoms with Crippen molar-refractivity contribution in [3.05, 3.63) is 0 Å². The molecular formula is C6H15NO. The quantitative estimate of drug-likeness (QED) is 0.558. The van der Waals surface area contributed by atoms with Gasteiger partial charge in [-0.05, 0) is 25.3 Å². The van der Waals surface area contributed by atoms with Crippen LogP contribution in [-0.4, -0.2) is 18.3 Å². The molecule has 0 aromatic carbocycles. The van der Waals surface area contributed by atoms with Crippen molar-refractivity contribution < 1.29 is 5.11 Å². The van der Waals surface area contributed by atoms with E-state index in [9.17, 15) is 0 Å². The van der Waals surface area contributed by atoms with Crippen molar-refractivity contribution >= 4 is 0 Å². The van der Waals surface area contributed by atoms with Crippen LogP contribution in [0, 0.1) is 5.92 Å². The normalized spacial score (nSPS) is 13.9. The first-order chi connectivity index (χ1) is 3.81. The van der Waals surface area contributed by atoms with Crippen molar-refractivity contribution in [2.75, 3.05) is 13.2 Å². The molecule has 0 aliphatic carbocycles. The number of nitrogens with two attached hydrogens (primary N) is 1. The second-order valence-corrected chi connectivity index (χ2v) is 2.22. The van der Waals surface area contributed by atoms with Gasteiger partial charge in [-0.3, -0.25) is 0 Å². The number of aliphatic hydroxyl groups is 1. The summed E-state index contributed by atoms with van der Waals surface area (Å²) in [6, 6.07) is 0. The van der Waals surface area contributed by atoms with Crippen molar-refractivity contribution in [1.82, 2.24) is 0 Å². The maximum Gasteiger partial charge on any atom is 0.0456 e. The van der Waals surface area contributed by atoms with Gasteiger partial charge in [-0.15, -0.1) is 0 Å². The third-order valence-electron chi connectivity index (χ3n) is 1.21. The zero-order valence-corrected chi connectivity index (χ0v) is 5.43. The Morgan fingerprint density at radius 1 is 1.62 bits per heavy atom. The summed E-state index contributed by atoms with van der Waals surface area (Å²) in [7, 11) is 0. The van der Waals surface area contributed by atoms with Crippen LogP contribution in [0.3, 0.4) is 0 Å². The summed E-state index contributed by atoms with van der Waals surface area (Å²) in [5.41, 5.74) is 5.25. The van der Waals surface area contributed by atoms with Crippen molar-refractivity contribution in [3.8, 4) is 0 Å². The van der Waals surface area contributed by atoms with Gasteiger partial charge < -0.3 is 10.8 Å². The number of hydrogen-bond donors (Lipinski definition) is 2. The van der Waals surface area contributed by atoms with Crippen LogP contribution in [0.2, 0.25) is 0 Å². The predicted molar refractivity (Wildman–Crippen MR) is 34.5 cm³/mol. The Hall–Kier alpha value is -0.0800. The van der Waals surface area contributed by atoms with Crippen LogP contribution in [0.4, 0.5) is 0 Å². The fourth-order valence-electron chi connectivity index (χ4n) is 0.558. The van der Waals surface area contributed by atoms with Gasteiger partial charge in [0.2, 0.25) is 0 Å². The standard InChI is InChI=1S/C6H15NO/c1-6(5-8)3-2-4-7/h6,8H,2-5,7H2,1H3/t6-/m0/s1. The van der Waals surface area contributed by atoms with Gasteiger partial charge in [0.15, 0.2) is 0 Å². The zero-order valence-electron chi connectivity index (χ0n) is 5.43. The number of aliphatic hydroxyl groups excluding tert-OH is 1. The summed E-state index contributed by atoms with van der Waals surface area (Å²) in [4.78, 5) is 0. The molecule has 0 radical (unpaired) electrons. The molecule has 2 nitrogen and oxygen atoms in total. The summed E-state index contributed by atoms with van der Waals surface area (Å²) in [5, 5.41) is 8.52. The minimum Gasteiger partial charge on any atom is -0.396 e. The molecule has 0 fully saturated rings. The van der Waals surface area contributed by atoms with E-state index in [2.05, 4.69) is 0 Å². The van der Waals surface area contributed by atoms with Crippen LogP contribution in [0.1, 0.15) is 19.8 Å². The van der Waals surface area contributed by atoms with Gasteiger partial charge in [-0.2, -0.15) is 0 Å². The van der Waals surface area contributed by atoms with E-state index in [1.165, 1.54) is 0 Å². The third-order valence-corrected chi connectivity index (χ3v) is 1.21. The lowest BCUT2D eigenvalue weighted by molar-refractivity contribution is 0.229. The van der Waals surface area contributed by atoms with Crippen molar-refractivity contribution in [2.24, 2.45) is 11.7 Å². The smallest absolute Gasteiger partial charge is 0.0456 e. The molecule has 0 aliphatic heterocycles.